The molecule has 76 valence electrons. The van der Waals surface area contributed by atoms with Crippen molar-refractivity contribution in [3.8, 4) is 5.75 Å². The normalized spacial score (nSPS) is 10.4. The van der Waals surface area contributed by atoms with Crippen LogP contribution < -0.4 is 4.74 Å². The lowest BCUT2D eigenvalue weighted by Crippen LogP contribution is -2.06. The van der Waals surface area contributed by atoms with E-state index >= 15 is 0 Å². The predicted octanol–water partition coefficient (Wildman–Crippen LogP) is 0.904. The van der Waals surface area contributed by atoms with E-state index in [0.717, 1.165) is 5.56 Å². The fourth-order valence-electron chi connectivity index (χ4n) is 1.12. The first-order valence-electron chi connectivity index (χ1n) is 4.16. The number of esters is 1. The molecule has 1 aromatic carbocycles. The maximum Gasteiger partial charge on any atom is 0.308 e. The minimum Gasteiger partial charge on any atom is -0.426 e. The van der Waals surface area contributed by atoms with Gasteiger partial charge in [-0.15, -0.1) is 0 Å². The first kappa shape index (κ1) is 10.7. The van der Waals surface area contributed by atoms with Crippen LogP contribution in [-0.4, -0.2) is 16.2 Å². The number of benzene rings is 1. The molecule has 0 aliphatic carbocycles. The smallest absolute Gasteiger partial charge is 0.308 e. The molecule has 0 spiro atoms. The zero-order chi connectivity index (χ0) is 10.7. The van der Waals surface area contributed by atoms with Gasteiger partial charge in [-0.1, -0.05) is 11.6 Å². The second-order valence-corrected chi connectivity index (χ2v) is 3.01. The molecule has 0 radical (unpaired) electrons. The van der Waals surface area contributed by atoms with Crippen LogP contribution in [0.5, 0.6) is 5.75 Å². The topological polar surface area (TPSA) is 66.8 Å². The molecule has 14 heavy (non-hydrogen) atoms. The molecule has 0 amide bonds. The fraction of sp³-hybridized carbons (Fsp3) is 0.300. The number of aliphatic hydroxyl groups is 2. The van der Waals surface area contributed by atoms with Crippen LogP contribution in [0, 0.1) is 6.92 Å². The molecule has 1 rings (SSSR count). The van der Waals surface area contributed by atoms with Crippen molar-refractivity contribution < 1.29 is 19.7 Å². The summed E-state index contributed by atoms with van der Waals surface area (Å²) in [7, 11) is 0. The Morgan fingerprint density at radius 2 is 2.07 bits per heavy atom. The van der Waals surface area contributed by atoms with Crippen molar-refractivity contribution in [1.82, 2.24) is 0 Å². The van der Waals surface area contributed by atoms with Crippen molar-refractivity contribution in [3.05, 3.63) is 29.3 Å². The maximum absolute atomic E-state index is 10.7. The third-order valence-corrected chi connectivity index (χ3v) is 1.70. The molecular formula is C10H12O4. The summed E-state index contributed by atoms with van der Waals surface area (Å²) >= 11 is 0. The standard InChI is InChI=1S/C10H12O4/c1-6-3-4-9(14-7(2)11)8(5-6)10(12)13/h3-5,10,12-13H,1-2H3. The number of aryl methyl sites for hydroxylation is 1. The van der Waals surface area contributed by atoms with E-state index in [0.29, 0.717) is 0 Å². The molecule has 0 aliphatic heterocycles. The first-order valence-corrected chi connectivity index (χ1v) is 4.16. The van der Waals surface area contributed by atoms with Crippen LogP contribution in [0.25, 0.3) is 0 Å². The van der Waals surface area contributed by atoms with Gasteiger partial charge in [-0.3, -0.25) is 4.79 Å². The predicted molar refractivity (Wildman–Crippen MR) is 49.7 cm³/mol. The quantitative estimate of drug-likeness (QED) is 0.419. The van der Waals surface area contributed by atoms with Gasteiger partial charge >= 0.3 is 5.97 Å². The lowest BCUT2D eigenvalue weighted by atomic mass is 10.1. The monoisotopic (exact) mass is 196 g/mol. The van der Waals surface area contributed by atoms with Crippen LogP contribution in [0.2, 0.25) is 0 Å². The summed E-state index contributed by atoms with van der Waals surface area (Å²) in [5, 5.41) is 18.0. The second kappa shape index (κ2) is 4.21. The number of hydrogen-bond acceptors (Lipinski definition) is 4. The Balaban J connectivity index is 3.08. The molecule has 4 heteroatoms. The molecule has 0 heterocycles. The molecule has 0 saturated heterocycles. The number of carbonyl (C=O) groups is 1. The van der Waals surface area contributed by atoms with Gasteiger partial charge < -0.3 is 14.9 Å². The molecule has 1 aromatic rings. The molecular weight excluding hydrogens is 184 g/mol. The summed E-state index contributed by atoms with van der Waals surface area (Å²) in [6.45, 7) is 3.07. The Bertz CT molecular complexity index is 344. The molecule has 0 aliphatic rings. The highest BCUT2D eigenvalue weighted by Gasteiger charge is 2.12. The second-order valence-electron chi connectivity index (χ2n) is 3.01. The van der Waals surface area contributed by atoms with Gasteiger partial charge in [0, 0.05) is 6.92 Å². The van der Waals surface area contributed by atoms with E-state index in [1.165, 1.54) is 13.0 Å². The number of carbonyl (C=O) groups excluding carboxylic acids is 1. The van der Waals surface area contributed by atoms with Crippen LogP contribution in [0.1, 0.15) is 24.3 Å². The first-order chi connectivity index (χ1) is 6.50. The van der Waals surface area contributed by atoms with Crippen LogP contribution in [0.4, 0.5) is 0 Å². The summed E-state index contributed by atoms with van der Waals surface area (Å²) in [5.74, 6) is -0.311. The molecule has 0 bridgehead atoms. The lowest BCUT2D eigenvalue weighted by Gasteiger charge is -2.10. The number of hydrogen-bond donors (Lipinski definition) is 2. The average Bonchev–Trinajstić information content (AvgIpc) is 2.07. The van der Waals surface area contributed by atoms with Gasteiger partial charge in [-0.2, -0.15) is 0 Å². The maximum atomic E-state index is 10.7. The van der Waals surface area contributed by atoms with E-state index in [1.54, 1.807) is 12.1 Å². The third-order valence-electron chi connectivity index (χ3n) is 1.70. The van der Waals surface area contributed by atoms with Crippen LogP contribution >= 0.6 is 0 Å². The van der Waals surface area contributed by atoms with Crippen molar-refractivity contribution in [2.75, 3.05) is 0 Å². The van der Waals surface area contributed by atoms with Crippen LogP contribution in [-0.2, 0) is 4.79 Å². The summed E-state index contributed by atoms with van der Waals surface area (Å²) in [6, 6.07) is 4.82. The Labute approximate surface area is 81.8 Å². The Morgan fingerprint density at radius 3 is 2.57 bits per heavy atom. The number of ether oxygens (including phenoxy) is 1. The summed E-state index contributed by atoms with van der Waals surface area (Å²) in [5.41, 5.74) is 1.06. The molecule has 2 N–H and O–H groups in total. The van der Waals surface area contributed by atoms with Crippen molar-refractivity contribution in [1.29, 1.82) is 0 Å². The van der Waals surface area contributed by atoms with Gasteiger partial charge in [0.15, 0.2) is 6.29 Å². The molecule has 0 atom stereocenters. The minimum atomic E-state index is -1.63. The van der Waals surface area contributed by atoms with E-state index in [2.05, 4.69) is 0 Å². The molecule has 0 fully saturated rings. The van der Waals surface area contributed by atoms with Gasteiger partial charge in [0.05, 0.1) is 5.56 Å². The SMILES string of the molecule is CC(=O)Oc1ccc(C)cc1C(O)O. The van der Waals surface area contributed by atoms with E-state index in [-0.39, 0.29) is 11.3 Å². The fourth-order valence-corrected chi connectivity index (χ4v) is 1.12. The summed E-state index contributed by atoms with van der Waals surface area (Å²) in [6.07, 6.45) is -1.63. The molecule has 0 saturated carbocycles. The highest BCUT2D eigenvalue weighted by Crippen LogP contribution is 2.25. The van der Waals surface area contributed by atoms with E-state index in [1.807, 2.05) is 6.92 Å². The summed E-state index contributed by atoms with van der Waals surface area (Å²) < 4.78 is 4.80. The van der Waals surface area contributed by atoms with Gasteiger partial charge in [-0.05, 0) is 19.1 Å². The highest BCUT2D eigenvalue weighted by molar-refractivity contribution is 5.69. The largest absolute Gasteiger partial charge is 0.426 e. The number of aliphatic hydroxyl groups excluding tert-OH is 1. The zero-order valence-corrected chi connectivity index (χ0v) is 8.02. The van der Waals surface area contributed by atoms with Crippen LogP contribution in [0.15, 0.2) is 18.2 Å². The van der Waals surface area contributed by atoms with Crippen molar-refractivity contribution in [2.24, 2.45) is 0 Å². The zero-order valence-electron chi connectivity index (χ0n) is 8.02. The Kier molecular flexibility index (Phi) is 3.22. The highest BCUT2D eigenvalue weighted by atomic mass is 16.5. The molecule has 0 aromatic heterocycles. The van der Waals surface area contributed by atoms with E-state index in [4.69, 9.17) is 14.9 Å². The van der Waals surface area contributed by atoms with Crippen molar-refractivity contribution in [2.45, 2.75) is 20.1 Å². The van der Waals surface area contributed by atoms with Crippen molar-refractivity contribution >= 4 is 5.97 Å². The number of rotatable bonds is 2. The third kappa shape index (κ3) is 2.55. The van der Waals surface area contributed by atoms with Gasteiger partial charge in [0.1, 0.15) is 5.75 Å². The van der Waals surface area contributed by atoms with Gasteiger partial charge in [0.2, 0.25) is 0 Å². The minimum absolute atomic E-state index is 0.179. The van der Waals surface area contributed by atoms with Crippen molar-refractivity contribution in [3.63, 3.8) is 0 Å². The average molecular weight is 196 g/mol. The van der Waals surface area contributed by atoms with E-state index < -0.39 is 12.3 Å². The molecule has 4 nitrogen and oxygen atoms in total. The molecule has 0 unspecified atom stereocenters. The van der Waals surface area contributed by atoms with Gasteiger partial charge in [0.25, 0.3) is 0 Å². The lowest BCUT2D eigenvalue weighted by molar-refractivity contribution is -0.132. The van der Waals surface area contributed by atoms with Gasteiger partial charge in [-0.25, -0.2) is 0 Å². The Morgan fingerprint density at radius 1 is 1.43 bits per heavy atom. The van der Waals surface area contributed by atoms with Crippen LogP contribution in [0.3, 0.4) is 0 Å². The summed E-state index contributed by atoms with van der Waals surface area (Å²) in [4.78, 5) is 10.7. The Hall–Kier alpha value is -1.39. The van der Waals surface area contributed by atoms with E-state index in [9.17, 15) is 4.79 Å².